The Hall–Kier alpha value is -0.530. The number of rotatable bonds is 3. The van der Waals surface area contributed by atoms with Gasteiger partial charge in [-0.25, -0.2) is 0 Å². The molecule has 0 aromatic rings. The zero-order valence-electron chi connectivity index (χ0n) is 9.60. The van der Waals surface area contributed by atoms with Crippen LogP contribution in [0, 0.1) is 10.8 Å². The van der Waals surface area contributed by atoms with Crippen molar-refractivity contribution in [3.63, 3.8) is 0 Å². The first-order chi connectivity index (χ1) is 6.48. The molecule has 0 bridgehead atoms. The van der Waals surface area contributed by atoms with Gasteiger partial charge in [-0.2, -0.15) is 0 Å². The Labute approximate surface area is 86.7 Å². The van der Waals surface area contributed by atoms with Gasteiger partial charge in [-0.15, -0.1) is 0 Å². The molecular formula is C12H22O2. The van der Waals surface area contributed by atoms with E-state index in [4.69, 9.17) is 5.11 Å². The molecule has 0 saturated heterocycles. The van der Waals surface area contributed by atoms with Crippen LogP contribution in [0.3, 0.4) is 0 Å². The van der Waals surface area contributed by atoms with Crippen LogP contribution in [0.2, 0.25) is 0 Å². The second-order valence-electron chi connectivity index (χ2n) is 5.07. The zero-order valence-corrected chi connectivity index (χ0v) is 9.60. The van der Waals surface area contributed by atoms with Gasteiger partial charge >= 0.3 is 5.97 Å². The molecule has 0 aromatic carbocycles. The Morgan fingerprint density at radius 2 is 1.57 bits per heavy atom. The molecule has 0 spiro atoms. The lowest BCUT2D eigenvalue weighted by Crippen LogP contribution is -2.37. The highest BCUT2D eigenvalue weighted by molar-refractivity contribution is 5.74. The Morgan fingerprint density at radius 3 is 1.86 bits per heavy atom. The molecule has 2 nitrogen and oxygen atoms in total. The summed E-state index contributed by atoms with van der Waals surface area (Å²) in [5.74, 6) is -0.613. The van der Waals surface area contributed by atoms with E-state index in [9.17, 15) is 4.79 Å². The number of carbonyl (C=O) groups is 1. The number of hydrogen-bond acceptors (Lipinski definition) is 1. The first-order valence-electron chi connectivity index (χ1n) is 5.71. The average Bonchev–Trinajstić information content (AvgIpc) is 2.20. The summed E-state index contributed by atoms with van der Waals surface area (Å²) >= 11 is 0. The van der Waals surface area contributed by atoms with Crippen molar-refractivity contribution in [2.45, 2.75) is 59.3 Å². The van der Waals surface area contributed by atoms with Gasteiger partial charge in [0.25, 0.3) is 0 Å². The highest BCUT2D eigenvalue weighted by atomic mass is 16.4. The lowest BCUT2D eigenvalue weighted by Gasteiger charge is -2.42. The molecule has 0 radical (unpaired) electrons. The van der Waals surface area contributed by atoms with Crippen molar-refractivity contribution in [2.24, 2.45) is 10.8 Å². The fourth-order valence-electron chi connectivity index (χ4n) is 2.50. The van der Waals surface area contributed by atoms with Gasteiger partial charge in [0.05, 0.1) is 5.41 Å². The molecule has 1 N–H and O–H groups in total. The summed E-state index contributed by atoms with van der Waals surface area (Å²) in [5.41, 5.74) is -0.0111. The van der Waals surface area contributed by atoms with Gasteiger partial charge in [0.2, 0.25) is 0 Å². The molecule has 0 atom stereocenters. The number of hydrogen-bond donors (Lipinski definition) is 1. The fraction of sp³-hybridized carbons (Fsp3) is 0.917. The van der Waals surface area contributed by atoms with Crippen LogP contribution in [0.25, 0.3) is 0 Å². The molecule has 1 rings (SSSR count). The normalized spacial score (nSPS) is 24.5. The number of aliphatic carboxylic acids is 1. The van der Waals surface area contributed by atoms with Gasteiger partial charge in [0, 0.05) is 0 Å². The third-order valence-corrected chi connectivity index (χ3v) is 4.43. The summed E-state index contributed by atoms with van der Waals surface area (Å²) in [6, 6.07) is 0. The van der Waals surface area contributed by atoms with E-state index in [1.54, 1.807) is 0 Å². The molecule has 1 aliphatic rings. The van der Waals surface area contributed by atoms with Crippen LogP contribution < -0.4 is 0 Å². The van der Waals surface area contributed by atoms with Crippen LogP contribution in [-0.2, 0) is 4.79 Å². The minimum absolute atomic E-state index is 0.439. The molecule has 14 heavy (non-hydrogen) atoms. The van der Waals surface area contributed by atoms with Crippen molar-refractivity contribution < 1.29 is 9.90 Å². The van der Waals surface area contributed by atoms with Crippen molar-refractivity contribution in [3.05, 3.63) is 0 Å². The number of carboxylic acid groups (broad SMARTS) is 1. The first-order valence-corrected chi connectivity index (χ1v) is 5.71. The van der Waals surface area contributed by atoms with Gasteiger partial charge in [0.1, 0.15) is 0 Å². The van der Waals surface area contributed by atoms with E-state index in [-0.39, 0.29) is 0 Å². The molecule has 0 aliphatic heterocycles. The predicted octanol–water partition coefficient (Wildman–Crippen LogP) is 3.46. The second kappa shape index (κ2) is 3.92. The van der Waals surface area contributed by atoms with Crippen LogP contribution in [0.1, 0.15) is 59.3 Å². The highest BCUT2D eigenvalue weighted by Gasteiger charge is 2.42. The van der Waals surface area contributed by atoms with E-state index in [0.717, 1.165) is 25.7 Å². The molecule has 0 heterocycles. The van der Waals surface area contributed by atoms with E-state index in [2.05, 4.69) is 13.8 Å². The molecule has 82 valence electrons. The SMILES string of the molecule is CCC1(CC)CCC(C)(C(=O)O)CC1. The van der Waals surface area contributed by atoms with Crippen LogP contribution >= 0.6 is 0 Å². The third-order valence-electron chi connectivity index (χ3n) is 4.43. The Kier molecular flexibility index (Phi) is 3.23. The van der Waals surface area contributed by atoms with Gasteiger partial charge < -0.3 is 5.11 Å². The van der Waals surface area contributed by atoms with Crippen molar-refractivity contribution >= 4 is 5.97 Å². The van der Waals surface area contributed by atoms with Crippen LogP contribution in [0.15, 0.2) is 0 Å². The van der Waals surface area contributed by atoms with Gasteiger partial charge in [-0.3, -0.25) is 4.79 Å². The molecule has 0 amide bonds. The quantitative estimate of drug-likeness (QED) is 0.754. The minimum Gasteiger partial charge on any atom is -0.481 e. The van der Waals surface area contributed by atoms with E-state index < -0.39 is 11.4 Å². The molecular weight excluding hydrogens is 176 g/mol. The summed E-state index contributed by atoms with van der Waals surface area (Å²) < 4.78 is 0. The van der Waals surface area contributed by atoms with E-state index in [1.807, 2.05) is 6.92 Å². The number of carboxylic acids is 1. The smallest absolute Gasteiger partial charge is 0.309 e. The fourth-order valence-corrected chi connectivity index (χ4v) is 2.50. The lowest BCUT2D eigenvalue weighted by molar-refractivity contribution is -0.151. The van der Waals surface area contributed by atoms with Gasteiger partial charge in [-0.1, -0.05) is 26.7 Å². The molecule has 0 aromatic heterocycles. The van der Waals surface area contributed by atoms with Crippen molar-refractivity contribution in [1.29, 1.82) is 0 Å². The average molecular weight is 198 g/mol. The monoisotopic (exact) mass is 198 g/mol. The van der Waals surface area contributed by atoms with E-state index >= 15 is 0 Å². The molecule has 0 unspecified atom stereocenters. The second-order valence-corrected chi connectivity index (χ2v) is 5.07. The zero-order chi connectivity index (χ0) is 10.8. The topological polar surface area (TPSA) is 37.3 Å². The maximum Gasteiger partial charge on any atom is 0.309 e. The van der Waals surface area contributed by atoms with Crippen molar-refractivity contribution in [3.8, 4) is 0 Å². The van der Waals surface area contributed by atoms with Gasteiger partial charge in [0.15, 0.2) is 0 Å². The maximum absolute atomic E-state index is 11.1. The largest absolute Gasteiger partial charge is 0.481 e. The van der Waals surface area contributed by atoms with Crippen molar-refractivity contribution in [1.82, 2.24) is 0 Å². The molecule has 1 aliphatic carbocycles. The Morgan fingerprint density at radius 1 is 1.14 bits per heavy atom. The third kappa shape index (κ3) is 1.94. The van der Waals surface area contributed by atoms with Crippen LogP contribution in [0.4, 0.5) is 0 Å². The summed E-state index contributed by atoms with van der Waals surface area (Å²) in [7, 11) is 0. The van der Waals surface area contributed by atoms with Crippen molar-refractivity contribution in [2.75, 3.05) is 0 Å². The summed E-state index contributed by atoms with van der Waals surface area (Å²) in [4.78, 5) is 11.1. The summed E-state index contributed by atoms with van der Waals surface area (Å²) in [6.07, 6.45) is 6.26. The molecule has 1 fully saturated rings. The predicted molar refractivity (Wildman–Crippen MR) is 57.2 cm³/mol. The van der Waals surface area contributed by atoms with Crippen LogP contribution in [-0.4, -0.2) is 11.1 Å². The highest BCUT2D eigenvalue weighted by Crippen LogP contribution is 2.48. The lowest BCUT2D eigenvalue weighted by atomic mass is 9.62. The van der Waals surface area contributed by atoms with E-state index in [1.165, 1.54) is 12.8 Å². The summed E-state index contributed by atoms with van der Waals surface area (Å²) in [6.45, 7) is 6.35. The minimum atomic E-state index is -0.613. The van der Waals surface area contributed by atoms with Crippen LogP contribution in [0.5, 0.6) is 0 Å². The summed E-state index contributed by atoms with van der Waals surface area (Å²) in [5, 5.41) is 9.11. The molecule has 2 heteroatoms. The standard InChI is InChI=1S/C12H22O2/c1-4-12(5-2)8-6-11(3,7-9-12)10(13)14/h4-9H2,1-3H3,(H,13,14). The van der Waals surface area contributed by atoms with E-state index in [0.29, 0.717) is 5.41 Å². The maximum atomic E-state index is 11.1. The first kappa shape index (κ1) is 11.5. The Balaban J connectivity index is 2.65. The van der Waals surface area contributed by atoms with Gasteiger partial charge in [-0.05, 0) is 38.0 Å². The Bertz CT molecular complexity index is 206. The molecule has 1 saturated carbocycles.